The van der Waals surface area contributed by atoms with Crippen molar-refractivity contribution in [2.45, 2.75) is 6.92 Å². The highest BCUT2D eigenvalue weighted by atomic mass is 16.1. The predicted octanol–water partition coefficient (Wildman–Crippen LogP) is 0.644. The minimum atomic E-state index is -0.705. The molecule has 0 heterocycles. The van der Waals surface area contributed by atoms with Gasteiger partial charge in [-0.1, -0.05) is 18.1 Å². The molecule has 0 saturated carbocycles. The Bertz CT molecular complexity index is 438. The summed E-state index contributed by atoms with van der Waals surface area (Å²) in [7, 11) is 0. The number of carbonyl (C=O) groups excluding carboxylic acids is 2. The third-order valence-corrected chi connectivity index (χ3v) is 1.66. The predicted molar refractivity (Wildman–Crippen MR) is 52.6 cm³/mol. The van der Waals surface area contributed by atoms with Crippen LogP contribution in [0.2, 0.25) is 0 Å². The Morgan fingerprint density at radius 1 is 1.50 bits per heavy atom. The molecular formula is C11H9NO2. The molecule has 1 rings (SSSR count). The summed E-state index contributed by atoms with van der Waals surface area (Å²) in [6.45, 7) is 1.88. The summed E-state index contributed by atoms with van der Waals surface area (Å²) in [5.41, 5.74) is 6.83. The molecule has 2 N–H and O–H groups in total. The number of rotatable bonds is 1. The number of benzene rings is 1. The van der Waals surface area contributed by atoms with Gasteiger partial charge in [0.15, 0.2) is 6.29 Å². The molecule has 0 radical (unpaired) electrons. The highest BCUT2D eigenvalue weighted by Crippen LogP contribution is 2.08. The second-order valence-corrected chi connectivity index (χ2v) is 2.82. The number of hydrogen-bond donors (Lipinski definition) is 1. The first-order chi connectivity index (χ1) is 6.63. The van der Waals surface area contributed by atoms with Crippen LogP contribution in [0.3, 0.4) is 0 Å². The molecule has 0 aliphatic rings. The van der Waals surface area contributed by atoms with E-state index in [1.54, 1.807) is 18.2 Å². The molecule has 0 fully saturated rings. The van der Waals surface area contributed by atoms with Crippen LogP contribution in [-0.4, -0.2) is 12.2 Å². The van der Waals surface area contributed by atoms with Crippen molar-refractivity contribution in [1.29, 1.82) is 0 Å². The largest absolute Gasteiger partial charge is 0.359 e. The first-order valence-electron chi connectivity index (χ1n) is 4.01. The number of aryl methyl sites for hydroxylation is 1. The molecule has 3 nitrogen and oxygen atoms in total. The van der Waals surface area contributed by atoms with Crippen LogP contribution in [-0.2, 0) is 4.79 Å². The summed E-state index contributed by atoms with van der Waals surface area (Å²) in [6, 6.07) is 5.20. The molecule has 0 unspecified atom stereocenters. The summed E-state index contributed by atoms with van der Waals surface area (Å²) in [6.07, 6.45) is 0.699. The molecule has 14 heavy (non-hydrogen) atoms. The first-order valence-corrected chi connectivity index (χ1v) is 4.01. The van der Waals surface area contributed by atoms with Crippen molar-refractivity contribution >= 4 is 12.2 Å². The van der Waals surface area contributed by atoms with E-state index in [4.69, 9.17) is 5.73 Å². The van der Waals surface area contributed by atoms with Crippen molar-refractivity contribution in [3.8, 4) is 11.8 Å². The quantitative estimate of drug-likeness (QED) is 0.518. The topological polar surface area (TPSA) is 60.2 Å². The van der Waals surface area contributed by atoms with E-state index in [2.05, 4.69) is 11.8 Å². The first kappa shape index (κ1) is 10.0. The van der Waals surface area contributed by atoms with Crippen LogP contribution >= 0.6 is 0 Å². The van der Waals surface area contributed by atoms with Crippen molar-refractivity contribution in [3.63, 3.8) is 0 Å². The lowest BCUT2D eigenvalue weighted by Crippen LogP contribution is -2.06. The Hall–Kier alpha value is -2.08. The third-order valence-electron chi connectivity index (χ3n) is 1.66. The van der Waals surface area contributed by atoms with E-state index in [9.17, 15) is 9.59 Å². The van der Waals surface area contributed by atoms with Crippen LogP contribution in [0.25, 0.3) is 0 Å². The number of aldehydes is 1. The second-order valence-electron chi connectivity index (χ2n) is 2.82. The summed E-state index contributed by atoms with van der Waals surface area (Å²) < 4.78 is 0. The summed E-state index contributed by atoms with van der Waals surface area (Å²) in [4.78, 5) is 21.0. The third kappa shape index (κ3) is 2.46. The van der Waals surface area contributed by atoms with Gasteiger partial charge in [-0.25, -0.2) is 0 Å². The van der Waals surface area contributed by atoms with Gasteiger partial charge in [0.25, 0.3) is 5.91 Å². The average molecular weight is 187 g/mol. The van der Waals surface area contributed by atoms with Gasteiger partial charge < -0.3 is 5.73 Å². The lowest BCUT2D eigenvalue weighted by molar-refractivity contribution is -0.112. The monoisotopic (exact) mass is 187 g/mol. The van der Waals surface area contributed by atoms with Crippen LogP contribution in [0.1, 0.15) is 21.5 Å². The van der Waals surface area contributed by atoms with E-state index in [0.717, 1.165) is 5.56 Å². The normalized spacial score (nSPS) is 8.64. The van der Waals surface area contributed by atoms with Gasteiger partial charge in [0.1, 0.15) is 0 Å². The minimum absolute atomic E-state index is 0.462. The van der Waals surface area contributed by atoms with E-state index in [1.807, 2.05) is 6.92 Å². The van der Waals surface area contributed by atoms with Crippen molar-refractivity contribution in [3.05, 3.63) is 34.9 Å². The fourth-order valence-corrected chi connectivity index (χ4v) is 1.01. The fraction of sp³-hybridized carbons (Fsp3) is 0.0909. The summed E-state index contributed by atoms with van der Waals surface area (Å²) in [5.74, 6) is 4.04. The van der Waals surface area contributed by atoms with E-state index in [0.29, 0.717) is 17.4 Å². The molecule has 1 aromatic carbocycles. The van der Waals surface area contributed by atoms with Crippen LogP contribution in [0, 0.1) is 18.8 Å². The van der Waals surface area contributed by atoms with Crippen LogP contribution in [0.4, 0.5) is 0 Å². The van der Waals surface area contributed by atoms with Crippen LogP contribution in [0.15, 0.2) is 18.2 Å². The molecule has 0 aliphatic heterocycles. The van der Waals surface area contributed by atoms with Gasteiger partial charge in [0.2, 0.25) is 0 Å². The zero-order valence-electron chi connectivity index (χ0n) is 7.70. The van der Waals surface area contributed by atoms with Gasteiger partial charge in [-0.2, -0.15) is 0 Å². The van der Waals surface area contributed by atoms with Gasteiger partial charge in [-0.15, -0.1) is 0 Å². The van der Waals surface area contributed by atoms with Gasteiger partial charge in [-0.3, -0.25) is 9.59 Å². The van der Waals surface area contributed by atoms with Crippen molar-refractivity contribution in [1.82, 2.24) is 0 Å². The van der Waals surface area contributed by atoms with Crippen LogP contribution in [0.5, 0.6) is 0 Å². The molecule has 0 spiro atoms. The second kappa shape index (κ2) is 4.24. The van der Waals surface area contributed by atoms with E-state index >= 15 is 0 Å². The Morgan fingerprint density at radius 3 is 2.79 bits per heavy atom. The van der Waals surface area contributed by atoms with E-state index < -0.39 is 5.91 Å². The standard InChI is InChI=1S/C11H9NO2/c1-8-2-3-10(7-13)9(6-8)4-5-11(12)14/h2-3,6-7H,1H3,(H2,12,14). The van der Waals surface area contributed by atoms with E-state index in [-0.39, 0.29) is 0 Å². The summed E-state index contributed by atoms with van der Waals surface area (Å²) >= 11 is 0. The number of hydrogen-bond acceptors (Lipinski definition) is 2. The molecule has 0 aromatic heterocycles. The maximum absolute atomic E-state index is 10.6. The Kier molecular flexibility index (Phi) is 3.03. The molecule has 1 aromatic rings. The maximum Gasteiger partial charge on any atom is 0.293 e. The van der Waals surface area contributed by atoms with Gasteiger partial charge >= 0.3 is 0 Å². The number of amides is 1. The van der Waals surface area contributed by atoms with Crippen LogP contribution < -0.4 is 5.73 Å². The van der Waals surface area contributed by atoms with Gasteiger partial charge in [-0.05, 0) is 18.6 Å². The molecular weight excluding hydrogens is 178 g/mol. The van der Waals surface area contributed by atoms with Crippen molar-refractivity contribution < 1.29 is 9.59 Å². The number of carbonyl (C=O) groups is 2. The molecule has 0 bridgehead atoms. The zero-order valence-corrected chi connectivity index (χ0v) is 7.70. The highest BCUT2D eigenvalue weighted by molar-refractivity contribution is 5.93. The lowest BCUT2D eigenvalue weighted by atomic mass is 10.1. The zero-order chi connectivity index (χ0) is 10.6. The smallest absolute Gasteiger partial charge is 0.293 e. The lowest BCUT2D eigenvalue weighted by Gasteiger charge is -1.97. The minimum Gasteiger partial charge on any atom is -0.359 e. The van der Waals surface area contributed by atoms with Crippen molar-refractivity contribution in [2.75, 3.05) is 0 Å². The molecule has 3 heteroatoms. The maximum atomic E-state index is 10.6. The number of primary amides is 1. The Balaban J connectivity index is 3.19. The average Bonchev–Trinajstić information content (AvgIpc) is 2.15. The SMILES string of the molecule is Cc1ccc(C=O)c(C#CC(N)=O)c1. The Morgan fingerprint density at radius 2 is 2.21 bits per heavy atom. The molecule has 0 saturated heterocycles. The van der Waals surface area contributed by atoms with Crippen molar-refractivity contribution in [2.24, 2.45) is 5.73 Å². The molecule has 0 atom stereocenters. The van der Waals surface area contributed by atoms with E-state index in [1.165, 1.54) is 0 Å². The summed E-state index contributed by atoms with van der Waals surface area (Å²) in [5, 5.41) is 0. The Labute approximate surface area is 81.9 Å². The van der Waals surface area contributed by atoms with Gasteiger partial charge in [0.05, 0.1) is 0 Å². The van der Waals surface area contributed by atoms with Gasteiger partial charge in [0, 0.05) is 17.0 Å². The molecule has 70 valence electrons. The molecule has 1 amide bonds. The highest BCUT2D eigenvalue weighted by Gasteiger charge is 1.98. The number of nitrogens with two attached hydrogens (primary N) is 1. The molecule has 0 aliphatic carbocycles. The fourth-order valence-electron chi connectivity index (χ4n) is 1.01.